The van der Waals surface area contributed by atoms with E-state index < -0.39 is 8.24 Å². The molecule has 0 saturated carbocycles. The van der Waals surface area contributed by atoms with Crippen LogP contribution < -0.4 is 15.6 Å². The zero-order chi connectivity index (χ0) is 58.4. The molecular formula is C82H55N5Si. The smallest absolute Gasteiger partial charge is 0.259 e. The van der Waals surface area contributed by atoms with Crippen molar-refractivity contribution in [3.8, 4) is 123 Å². The fourth-order valence-corrected chi connectivity index (χ4v) is 18.1. The van der Waals surface area contributed by atoms with E-state index in [9.17, 15) is 0 Å². The minimum atomic E-state index is -3.37. The molecule has 0 fully saturated rings. The lowest BCUT2D eigenvalue weighted by Crippen LogP contribution is -2.70. The van der Waals surface area contributed by atoms with Gasteiger partial charge < -0.3 is 4.23 Å². The van der Waals surface area contributed by atoms with Crippen LogP contribution in [0.3, 0.4) is 0 Å². The third-order valence-corrected chi connectivity index (χ3v) is 21.9. The van der Waals surface area contributed by atoms with Crippen LogP contribution in [0, 0.1) is 0 Å². The highest BCUT2D eigenvalue weighted by Gasteiger charge is 2.51. The van der Waals surface area contributed by atoms with Gasteiger partial charge in [0, 0.05) is 22.3 Å². The SMILES string of the molecule is c1ccc(-c2cccc(-c3cc(-c4cccc(-c5ccccc5)c4)cc(-c4cccc([Si]5(c6cccc(-c7nc(-c8cccc(-c9ccccc9)c8)nc(-c8cccc(-c9ccccc9)c8)n7)c6)c6ccccc6-c6nc7ccccc7n65)c4)c3)c2)cc1. The number of hydrogen-bond donors (Lipinski definition) is 0. The summed E-state index contributed by atoms with van der Waals surface area (Å²) in [5.74, 6) is 2.76. The fourth-order valence-electron chi connectivity index (χ4n) is 13.0. The number of para-hydroxylation sites is 2. The molecule has 0 aliphatic carbocycles. The van der Waals surface area contributed by atoms with Crippen molar-refractivity contribution in [2.45, 2.75) is 0 Å². The normalized spacial score (nSPS) is 13.3. The third-order valence-electron chi connectivity index (χ3n) is 17.2. The van der Waals surface area contributed by atoms with E-state index in [2.05, 4.69) is 338 Å². The van der Waals surface area contributed by atoms with Gasteiger partial charge in [-0.15, -0.1) is 0 Å². The van der Waals surface area contributed by atoms with Crippen molar-refractivity contribution in [2.75, 3.05) is 0 Å². The van der Waals surface area contributed by atoms with Crippen LogP contribution in [-0.2, 0) is 0 Å². The molecule has 0 radical (unpaired) electrons. The highest BCUT2D eigenvalue weighted by atomic mass is 28.3. The van der Waals surface area contributed by atoms with Gasteiger partial charge in [-0.25, -0.2) is 19.9 Å². The lowest BCUT2D eigenvalue weighted by molar-refractivity contribution is 1.07. The molecule has 16 rings (SSSR count). The first-order chi connectivity index (χ1) is 43.6. The molecule has 15 aromatic rings. The molecule has 0 saturated heterocycles. The van der Waals surface area contributed by atoms with Crippen LogP contribution in [0.5, 0.6) is 0 Å². The zero-order valence-corrected chi connectivity index (χ0v) is 49.0. The Labute approximate surface area is 513 Å². The molecule has 3 heterocycles. The van der Waals surface area contributed by atoms with Crippen LogP contribution >= 0.6 is 0 Å². The molecule has 0 spiro atoms. The van der Waals surface area contributed by atoms with Gasteiger partial charge in [-0.2, -0.15) is 0 Å². The Balaban J connectivity index is 0.901. The number of nitrogens with zero attached hydrogens (tertiary/aromatic N) is 5. The minimum Gasteiger partial charge on any atom is -0.339 e. The number of imidazole rings is 1. The molecule has 5 nitrogen and oxygen atoms in total. The van der Waals surface area contributed by atoms with Crippen molar-refractivity contribution in [3.63, 3.8) is 0 Å². The topological polar surface area (TPSA) is 56.5 Å². The Hall–Kier alpha value is -11.4. The predicted octanol–water partition coefficient (Wildman–Crippen LogP) is 18.4. The average molecular weight is 1140 g/mol. The van der Waals surface area contributed by atoms with E-state index in [1.54, 1.807) is 0 Å². The lowest BCUT2D eigenvalue weighted by atomic mass is 9.91. The summed E-state index contributed by atoms with van der Waals surface area (Å²) in [5, 5.41) is 3.69. The maximum atomic E-state index is 5.50. The van der Waals surface area contributed by atoms with Crippen LogP contribution in [0.15, 0.2) is 334 Å². The summed E-state index contributed by atoms with van der Waals surface area (Å²) in [6.07, 6.45) is 0. The molecule has 1 unspecified atom stereocenters. The van der Waals surface area contributed by atoms with Crippen molar-refractivity contribution >= 4 is 34.8 Å². The van der Waals surface area contributed by atoms with Crippen LogP contribution in [0.4, 0.5) is 0 Å². The Morgan fingerprint density at radius 1 is 0.216 bits per heavy atom. The van der Waals surface area contributed by atoms with Crippen LogP contribution in [-0.4, -0.2) is 32.4 Å². The molecule has 0 N–H and O–H groups in total. The molecule has 0 bridgehead atoms. The second-order valence-electron chi connectivity index (χ2n) is 22.6. The predicted molar refractivity (Wildman–Crippen MR) is 366 cm³/mol. The van der Waals surface area contributed by atoms with E-state index >= 15 is 0 Å². The molecule has 2 aromatic heterocycles. The molecular weight excluding hydrogens is 1080 g/mol. The Kier molecular flexibility index (Phi) is 13.2. The van der Waals surface area contributed by atoms with Gasteiger partial charge in [0.15, 0.2) is 17.5 Å². The van der Waals surface area contributed by atoms with E-state index in [0.29, 0.717) is 17.5 Å². The summed E-state index contributed by atoms with van der Waals surface area (Å²) in [6.45, 7) is 0. The first-order valence-electron chi connectivity index (χ1n) is 29.9. The Morgan fingerprint density at radius 3 is 0.955 bits per heavy atom. The van der Waals surface area contributed by atoms with Gasteiger partial charge in [-0.1, -0.05) is 273 Å². The highest BCUT2D eigenvalue weighted by Crippen LogP contribution is 2.40. The largest absolute Gasteiger partial charge is 0.339 e. The van der Waals surface area contributed by atoms with Gasteiger partial charge in [0.2, 0.25) is 0 Å². The second-order valence-corrected chi connectivity index (χ2v) is 26.1. The van der Waals surface area contributed by atoms with Gasteiger partial charge in [0.25, 0.3) is 8.24 Å². The first-order valence-corrected chi connectivity index (χ1v) is 31.9. The highest BCUT2D eigenvalue weighted by molar-refractivity contribution is 7.12. The number of benzene rings is 13. The van der Waals surface area contributed by atoms with Gasteiger partial charge in [0.1, 0.15) is 5.82 Å². The van der Waals surface area contributed by atoms with Gasteiger partial charge >= 0.3 is 0 Å². The molecule has 13 aromatic carbocycles. The summed E-state index contributed by atoms with van der Waals surface area (Å²) < 4.78 is 2.62. The standard InChI is InChI=1S/C82H55N5Si/c1-5-23-56(24-6-1)60-31-17-35-64(47-60)70-51-71(65-36-18-32-61(48-65)57-25-7-2-8-26-57)53-72(52-70)66-37-21-41-73(54-66)88(78-46-16-13-43-75(78)82-83-76-44-14-15-45-77(76)87(82)88)74-42-22-40-69(55-74)81-85-79(67-38-19-33-62(49-67)58-27-9-3-10-28-58)84-80(86-81)68-39-20-34-63(50-68)59-29-11-4-12-30-59/h1-55H. The Bertz CT molecular complexity index is 4640. The van der Waals surface area contributed by atoms with Gasteiger partial charge in [-0.05, 0) is 154 Å². The molecule has 1 aliphatic rings. The van der Waals surface area contributed by atoms with Crippen molar-refractivity contribution < 1.29 is 0 Å². The molecule has 1 aliphatic heterocycles. The van der Waals surface area contributed by atoms with E-state index in [1.165, 1.54) is 37.8 Å². The van der Waals surface area contributed by atoms with Crippen molar-refractivity contribution in [3.05, 3.63) is 334 Å². The fraction of sp³-hybridized carbons (Fsp3) is 0. The van der Waals surface area contributed by atoms with E-state index in [1.807, 2.05) is 0 Å². The molecule has 412 valence electrons. The maximum Gasteiger partial charge on any atom is 0.259 e. The summed E-state index contributed by atoms with van der Waals surface area (Å²) in [4.78, 5) is 21.7. The van der Waals surface area contributed by atoms with Crippen molar-refractivity contribution in [1.29, 1.82) is 0 Å². The summed E-state index contributed by atoms with van der Waals surface area (Å²) in [6, 6.07) is 120. The second kappa shape index (κ2) is 22.2. The Morgan fingerprint density at radius 2 is 0.511 bits per heavy atom. The zero-order valence-electron chi connectivity index (χ0n) is 48.0. The van der Waals surface area contributed by atoms with Crippen molar-refractivity contribution in [2.24, 2.45) is 0 Å². The maximum absolute atomic E-state index is 5.50. The number of rotatable bonds is 12. The molecule has 88 heavy (non-hydrogen) atoms. The monoisotopic (exact) mass is 1140 g/mol. The van der Waals surface area contributed by atoms with Crippen molar-refractivity contribution in [1.82, 2.24) is 24.2 Å². The molecule has 1 atom stereocenters. The summed E-state index contributed by atoms with van der Waals surface area (Å²) in [5.41, 5.74) is 21.9. The number of hydrogen-bond acceptors (Lipinski definition) is 4. The van der Waals surface area contributed by atoms with E-state index in [0.717, 1.165) is 94.7 Å². The van der Waals surface area contributed by atoms with E-state index in [4.69, 9.17) is 19.9 Å². The van der Waals surface area contributed by atoms with E-state index in [-0.39, 0.29) is 0 Å². The lowest BCUT2D eigenvalue weighted by Gasteiger charge is -2.32. The van der Waals surface area contributed by atoms with Crippen LogP contribution in [0.2, 0.25) is 0 Å². The van der Waals surface area contributed by atoms with Crippen LogP contribution in [0.25, 0.3) is 134 Å². The minimum absolute atomic E-state index is 0.592. The molecule has 0 amide bonds. The number of fused-ring (bicyclic) bond motifs is 5. The van der Waals surface area contributed by atoms with Gasteiger partial charge in [0.05, 0.1) is 11.0 Å². The van der Waals surface area contributed by atoms with Crippen LogP contribution in [0.1, 0.15) is 0 Å². The average Bonchev–Trinajstić information content (AvgIpc) is 1.57. The van der Waals surface area contributed by atoms with Gasteiger partial charge in [-0.3, -0.25) is 0 Å². The summed E-state index contributed by atoms with van der Waals surface area (Å²) >= 11 is 0. The first kappa shape index (κ1) is 52.1. The third kappa shape index (κ3) is 9.45. The number of aromatic nitrogens is 5. The quantitative estimate of drug-likeness (QED) is 0.114. The summed E-state index contributed by atoms with van der Waals surface area (Å²) in [7, 11) is -3.37. The molecule has 6 heteroatoms.